The molecule has 21 heavy (non-hydrogen) atoms. The number of hydrogen-bond donors (Lipinski definition) is 0. The summed E-state index contributed by atoms with van der Waals surface area (Å²) in [6, 6.07) is 5.84. The monoisotopic (exact) mass is 319 g/mol. The Morgan fingerprint density at radius 2 is 2.05 bits per heavy atom. The van der Waals surface area contributed by atoms with E-state index in [2.05, 4.69) is 0 Å². The summed E-state index contributed by atoms with van der Waals surface area (Å²) in [5.74, 6) is -3.42. The minimum atomic E-state index is -4.61. The van der Waals surface area contributed by atoms with E-state index in [9.17, 15) is 17.2 Å². The summed E-state index contributed by atoms with van der Waals surface area (Å²) >= 11 is 0. The molecule has 1 saturated heterocycles. The molecule has 4 nitrogen and oxygen atoms in total. The average molecular weight is 319 g/mol. The molecule has 7 heteroatoms. The Hall–Kier alpha value is -1.21. The molecule has 1 aromatic carbocycles. The van der Waals surface area contributed by atoms with E-state index in [1.165, 1.54) is 18.2 Å². The SMILES string of the molecule is CN(CC1CCCCO1)c1ccccc1S(=O)(=O)C(F)F. The second kappa shape index (κ2) is 6.70. The molecule has 1 aliphatic heterocycles. The van der Waals surface area contributed by atoms with Crippen molar-refractivity contribution < 1.29 is 21.9 Å². The van der Waals surface area contributed by atoms with Crippen LogP contribution in [0.25, 0.3) is 0 Å². The van der Waals surface area contributed by atoms with E-state index in [1.54, 1.807) is 18.0 Å². The topological polar surface area (TPSA) is 46.6 Å². The lowest BCUT2D eigenvalue weighted by Gasteiger charge is -2.29. The maximum absolute atomic E-state index is 12.8. The van der Waals surface area contributed by atoms with Crippen LogP contribution in [-0.4, -0.2) is 40.5 Å². The summed E-state index contributed by atoms with van der Waals surface area (Å²) < 4.78 is 54.6. The molecule has 0 amide bonds. The van der Waals surface area contributed by atoms with Gasteiger partial charge in [-0.1, -0.05) is 12.1 Å². The third-order valence-corrected chi connectivity index (χ3v) is 5.00. The van der Waals surface area contributed by atoms with Gasteiger partial charge in [-0.2, -0.15) is 8.78 Å². The molecule has 0 aromatic heterocycles. The number of sulfone groups is 1. The van der Waals surface area contributed by atoms with Gasteiger partial charge in [-0.05, 0) is 31.4 Å². The fourth-order valence-corrected chi connectivity index (χ4v) is 3.44. The Bertz CT molecular complexity index is 571. The number of likely N-dealkylation sites (N-methyl/N-ethyl adjacent to an activating group) is 1. The van der Waals surface area contributed by atoms with Gasteiger partial charge >= 0.3 is 5.76 Å². The summed E-state index contributed by atoms with van der Waals surface area (Å²) in [6.07, 6.45) is 2.99. The van der Waals surface area contributed by atoms with Crippen LogP contribution >= 0.6 is 0 Å². The lowest BCUT2D eigenvalue weighted by atomic mass is 10.1. The summed E-state index contributed by atoms with van der Waals surface area (Å²) in [4.78, 5) is 1.34. The highest BCUT2D eigenvalue weighted by molar-refractivity contribution is 7.91. The molecule has 0 spiro atoms. The molecule has 118 valence electrons. The first-order valence-corrected chi connectivity index (χ1v) is 8.41. The molecule has 1 aromatic rings. The minimum Gasteiger partial charge on any atom is -0.376 e. The van der Waals surface area contributed by atoms with Gasteiger partial charge in [-0.3, -0.25) is 0 Å². The summed E-state index contributed by atoms with van der Waals surface area (Å²) in [6.45, 7) is 1.17. The number of alkyl halides is 2. The molecule has 0 N–H and O–H groups in total. The van der Waals surface area contributed by atoms with Gasteiger partial charge in [0.05, 0.1) is 16.7 Å². The van der Waals surface area contributed by atoms with E-state index in [0.717, 1.165) is 19.3 Å². The third kappa shape index (κ3) is 3.71. The molecule has 0 bridgehead atoms. The van der Waals surface area contributed by atoms with Crippen LogP contribution in [0, 0.1) is 0 Å². The first-order chi connectivity index (χ1) is 9.93. The second-order valence-corrected chi connectivity index (χ2v) is 7.03. The van der Waals surface area contributed by atoms with E-state index >= 15 is 0 Å². The predicted molar refractivity (Wildman–Crippen MR) is 76.5 cm³/mol. The fourth-order valence-electron chi connectivity index (χ4n) is 2.46. The average Bonchev–Trinajstić information content (AvgIpc) is 2.48. The number of benzene rings is 1. The summed E-state index contributed by atoms with van der Waals surface area (Å²) in [5, 5.41) is 0. The van der Waals surface area contributed by atoms with Gasteiger partial charge in [0, 0.05) is 20.2 Å². The lowest BCUT2D eigenvalue weighted by Crippen LogP contribution is -2.34. The van der Waals surface area contributed by atoms with Crippen LogP contribution in [0.5, 0.6) is 0 Å². The van der Waals surface area contributed by atoms with Crippen LogP contribution in [0.4, 0.5) is 14.5 Å². The summed E-state index contributed by atoms with van der Waals surface area (Å²) in [7, 11) is -2.92. The maximum atomic E-state index is 12.8. The zero-order chi connectivity index (χ0) is 15.5. The molecule has 1 heterocycles. The van der Waals surface area contributed by atoms with Gasteiger partial charge in [0.15, 0.2) is 0 Å². The van der Waals surface area contributed by atoms with E-state index in [-0.39, 0.29) is 16.7 Å². The molecular formula is C14H19F2NO3S. The molecule has 1 fully saturated rings. The molecule has 1 atom stereocenters. The van der Waals surface area contributed by atoms with Gasteiger partial charge in [0.2, 0.25) is 9.84 Å². The molecule has 2 rings (SSSR count). The highest BCUT2D eigenvalue weighted by Gasteiger charge is 2.30. The zero-order valence-corrected chi connectivity index (χ0v) is 12.7. The van der Waals surface area contributed by atoms with Crippen LogP contribution in [-0.2, 0) is 14.6 Å². The van der Waals surface area contributed by atoms with Crippen molar-refractivity contribution in [1.82, 2.24) is 0 Å². The molecule has 1 aliphatic rings. The normalized spacial score (nSPS) is 19.7. The van der Waals surface area contributed by atoms with E-state index < -0.39 is 15.6 Å². The van der Waals surface area contributed by atoms with Crippen molar-refractivity contribution in [2.45, 2.75) is 36.0 Å². The Labute approximate surface area is 123 Å². The van der Waals surface area contributed by atoms with Crippen molar-refractivity contribution in [3.63, 3.8) is 0 Å². The van der Waals surface area contributed by atoms with E-state index in [4.69, 9.17) is 4.74 Å². The van der Waals surface area contributed by atoms with Crippen LogP contribution in [0.2, 0.25) is 0 Å². The number of nitrogens with zero attached hydrogens (tertiary/aromatic N) is 1. The fraction of sp³-hybridized carbons (Fsp3) is 0.571. The van der Waals surface area contributed by atoms with Crippen molar-refractivity contribution in [1.29, 1.82) is 0 Å². The number of rotatable bonds is 5. The lowest BCUT2D eigenvalue weighted by molar-refractivity contribution is 0.0215. The molecule has 0 aliphatic carbocycles. The zero-order valence-electron chi connectivity index (χ0n) is 11.8. The van der Waals surface area contributed by atoms with Crippen molar-refractivity contribution >= 4 is 15.5 Å². The minimum absolute atomic E-state index is 0.00561. The van der Waals surface area contributed by atoms with Gasteiger partial charge in [-0.25, -0.2) is 8.42 Å². The van der Waals surface area contributed by atoms with Gasteiger partial charge < -0.3 is 9.64 Å². The quantitative estimate of drug-likeness (QED) is 0.837. The van der Waals surface area contributed by atoms with Gasteiger partial charge in [0.1, 0.15) is 0 Å². The number of anilines is 1. The highest BCUT2D eigenvalue weighted by Crippen LogP contribution is 2.29. The Morgan fingerprint density at radius 3 is 2.67 bits per heavy atom. The predicted octanol–water partition coefficient (Wildman–Crippen LogP) is 2.69. The molecular weight excluding hydrogens is 300 g/mol. The Kier molecular flexibility index (Phi) is 5.16. The highest BCUT2D eigenvalue weighted by atomic mass is 32.2. The van der Waals surface area contributed by atoms with Crippen molar-refractivity contribution in [2.75, 3.05) is 25.1 Å². The van der Waals surface area contributed by atoms with Gasteiger partial charge in [0.25, 0.3) is 0 Å². The van der Waals surface area contributed by atoms with Crippen LogP contribution in [0.3, 0.4) is 0 Å². The van der Waals surface area contributed by atoms with Crippen LogP contribution in [0.15, 0.2) is 29.2 Å². The molecule has 1 unspecified atom stereocenters. The number of halogens is 2. The maximum Gasteiger partial charge on any atom is 0.341 e. The molecule has 0 saturated carbocycles. The van der Waals surface area contributed by atoms with Gasteiger partial charge in [-0.15, -0.1) is 0 Å². The van der Waals surface area contributed by atoms with Crippen molar-refractivity contribution in [2.24, 2.45) is 0 Å². The van der Waals surface area contributed by atoms with E-state index in [1.807, 2.05) is 0 Å². The van der Waals surface area contributed by atoms with Crippen LogP contribution < -0.4 is 4.90 Å². The third-order valence-electron chi connectivity index (χ3n) is 3.57. The number of para-hydroxylation sites is 1. The second-order valence-electron chi connectivity index (χ2n) is 5.14. The smallest absolute Gasteiger partial charge is 0.341 e. The Balaban J connectivity index is 2.23. The standard InChI is InChI=1S/C14H19F2NO3S/c1-17(10-11-6-4-5-9-20-11)12-7-2-3-8-13(12)21(18,19)14(15)16/h2-3,7-8,11,14H,4-6,9-10H2,1H3. The van der Waals surface area contributed by atoms with Crippen molar-refractivity contribution in [3.8, 4) is 0 Å². The number of ether oxygens (including phenoxy) is 1. The first-order valence-electron chi connectivity index (χ1n) is 6.86. The molecule has 0 radical (unpaired) electrons. The number of hydrogen-bond acceptors (Lipinski definition) is 4. The van der Waals surface area contributed by atoms with Crippen molar-refractivity contribution in [3.05, 3.63) is 24.3 Å². The summed E-state index contributed by atoms with van der Waals surface area (Å²) in [5.41, 5.74) is 0.284. The van der Waals surface area contributed by atoms with Crippen LogP contribution in [0.1, 0.15) is 19.3 Å². The van der Waals surface area contributed by atoms with E-state index in [0.29, 0.717) is 13.2 Å². The Morgan fingerprint density at radius 1 is 1.33 bits per heavy atom. The first kappa shape index (κ1) is 16.2. The largest absolute Gasteiger partial charge is 0.376 e.